The maximum Gasteiger partial charge on any atom is 0.509 e. The number of fused-ring (bicyclic) bond motifs is 4. The van der Waals surface area contributed by atoms with E-state index in [-0.39, 0.29) is 61.6 Å². The van der Waals surface area contributed by atoms with E-state index in [0.717, 1.165) is 0 Å². The molecular formula is C47H61N19O17P2S2. The summed E-state index contributed by atoms with van der Waals surface area (Å²) in [6.07, 6.45) is -5.31. The summed E-state index contributed by atoms with van der Waals surface area (Å²) in [5.74, 6) is -2.30. The van der Waals surface area contributed by atoms with E-state index in [2.05, 4.69) is 78.8 Å². The molecule has 9 rings (SSSR count). The van der Waals surface area contributed by atoms with Crippen LogP contribution in [0.4, 0.5) is 31.7 Å². The molecule has 3 aliphatic heterocycles. The summed E-state index contributed by atoms with van der Waals surface area (Å²) >= 11 is 9.80. The van der Waals surface area contributed by atoms with E-state index in [0.29, 0.717) is 35.3 Å². The molecule has 3 unspecified atom stereocenters. The number of urea groups is 1. The standard InChI is InChI=1S/C47H61N19O17P2S2/c1-22(2)33(63-31(67)14-59-64-51)43(69)61-26(6-4-12-52-45(50)70)42(68)60-24-10-8-23(9-11-24)15-75-46(71)62-25-5-3-7-27(25)80-47(72)81-37-36-30(79-44(37)66-21-58-35-39(49)54-19-56-41(35)66)17-77-84(73,86)82-28-13-32(78-29(28)16-76-85(74,87)83-36)65-20-57-34-38(48)53-18-55-40(34)65/h8-11,18-22,25-30,32-33,36-37,44H,3-7,12-17H2,1-2H3,(H,60,68)(H,61,69)(H,62,71)(H,63,67)(H,73,86)(H,74,87)(H2,48,53,55)(H2,49,54,56)(H3,50,52,70)/t25-,26-,27-,28-,29?,30+,32+,33-,36+,37+,44+,84?,85?/m0/s1. The van der Waals surface area contributed by atoms with Crippen molar-refractivity contribution < 1.29 is 80.0 Å². The minimum atomic E-state index is -4.38. The third-order valence-electron chi connectivity index (χ3n) is 14.1. The lowest BCUT2D eigenvalue weighted by Crippen LogP contribution is -2.55. The number of nitrogens with zero attached hydrogens (tertiary/aromatic N) is 11. The molecule has 7 heterocycles. The molecule has 87 heavy (non-hydrogen) atoms. The first kappa shape index (κ1) is 63.9. The van der Waals surface area contributed by atoms with Gasteiger partial charge >= 0.3 is 31.8 Å². The summed E-state index contributed by atoms with van der Waals surface area (Å²) in [6, 6.07) is 2.46. The Morgan fingerprint density at radius 3 is 2.28 bits per heavy atom. The number of anilines is 3. The zero-order valence-corrected chi connectivity index (χ0v) is 49.7. The van der Waals surface area contributed by atoms with Crippen LogP contribution < -0.4 is 43.8 Å². The van der Waals surface area contributed by atoms with E-state index in [1.807, 2.05) is 0 Å². The molecule has 6 amide bonds. The van der Waals surface area contributed by atoms with Gasteiger partial charge in [-0.1, -0.05) is 43.3 Å². The molecule has 3 saturated heterocycles. The molecule has 0 bridgehead atoms. The summed E-state index contributed by atoms with van der Waals surface area (Å²) < 4.78 is 70.8. The quantitative estimate of drug-likeness (QED) is 0.0108. The van der Waals surface area contributed by atoms with Crippen molar-refractivity contribution in [2.75, 3.05) is 43.1 Å². The number of aromatic nitrogens is 8. The van der Waals surface area contributed by atoms with Crippen LogP contribution in [-0.4, -0.2) is 161 Å². The molecule has 0 radical (unpaired) electrons. The van der Waals surface area contributed by atoms with Crippen molar-refractivity contribution in [3.63, 3.8) is 0 Å². The number of alkyl carbamates (subject to hydrolysis) is 1. The zero-order valence-electron chi connectivity index (χ0n) is 46.2. The number of azide groups is 1. The molecular weight excluding hydrogens is 1230 g/mol. The molecule has 40 heteroatoms. The predicted molar refractivity (Wildman–Crippen MR) is 307 cm³/mol. The predicted octanol–water partition coefficient (Wildman–Crippen LogP) is 2.78. The molecule has 1 aromatic carbocycles. The summed E-state index contributed by atoms with van der Waals surface area (Å²) in [5, 5.41) is 16.2. The molecule has 0 spiro atoms. The van der Waals surface area contributed by atoms with Gasteiger partial charge in [-0.05, 0) is 73.1 Å². The van der Waals surface area contributed by atoms with Gasteiger partial charge in [-0.25, -0.2) is 48.9 Å². The monoisotopic (exact) mass is 1290 g/mol. The number of amides is 6. The molecule has 4 aliphatic rings. The molecule has 4 aromatic heterocycles. The highest BCUT2D eigenvalue weighted by Crippen LogP contribution is 2.58. The second kappa shape index (κ2) is 28.0. The number of nitrogens with two attached hydrogens (primary N) is 3. The lowest BCUT2D eigenvalue weighted by Gasteiger charge is -2.30. The Kier molecular flexibility index (Phi) is 20.6. The number of nitrogen functional groups attached to an aromatic ring is 2. The maximum absolute atomic E-state index is 14.1. The minimum Gasteiger partial charge on any atom is -0.445 e. The van der Waals surface area contributed by atoms with Crippen molar-refractivity contribution >= 4 is 113 Å². The van der Waals surface area contributed by atoms with Crippen molar-refractivity contribution in [3.05, 3.63) is 65.6 Å². The molecule has 468 valence electrons. The Morgan fingerprint density at radius 2 is 1.59 bits per heavy atom. The second-order valence-electron chi connectivity index (χ2n) is 20.4. The molecule has 1 aliphatic carbocycles. The topological polar surface area (TPSA) is 497 Å². The number of imidazole rings is 2. The zero-order chi connectivity index (χ0) is 62.2. The van der Waals surface area contributed by atoms with Gasteiger partial charge in [0.25, 0.3) is 0 Å². The Balaban J connectivity index is 0.831. The van der Waals surface area contributed by atoms with Crippen LogP contribution in [0.3, 0.4) is 0 Å². The van der Waals surface area contributed by atoms with E-state index in [1.165, 1.54) is 42.0 Å². The Morgan fingerprint density at radius 1 is 0.897 bits per heavy atom. The molecule has 1 saturated carbocycles. The van der Waals surface area contributed by atoms with Crippen LogP contribution in [-0.2, 0) is 79.1 Å². The SMILES string of the molecule is CC(C)[C@H](NC(=O)CN=[N+]=[N-])C(=O)N[C@@H](CCCNC(N)=O)C(=O)Nc1ccc(COC(=O)N[C@H]2CCC[C@@H]2OC(=O)O[C@@H]2[C@@H]3OP(O)(=S)OCC4O[C@@H](n5cnc6c(N)ncnc65)C[C@@H]4OP(=O)(S)OC[C@H]3O[C@H]2n2cnc3c(N)ncnc32)cc1. The number of rotatable bonds is 19. The third kappa shape index (κ3) is 16.1. The summed E-state index contributed by atoms with van der Waals surface area (Å²) in [5.41, 5.74) is 27.6. The van der Waals surface area contributed by atoms with Gasteiger partial charge in [-0.3, -0.25) is 37.1 Å². The van der Waals surface area contributed by atoms with Crippen molar-refractivity contribution in [2.45, 2.75) is 126 Å². The highest BCUT2D eigenvalue weighted by atomic mass is 32.7. The van der Waals surface area contributed by atoms with Crippen LogP contribution in [0, 0.1) is 5.92 Å². The summed E-state index contributed by atoms with van der Waals surface area (Å²) in [4.78, 5) is 117. The number of ether oxygens (including phenoxy) is 5. The fraction of sp³-hybridized carbons (Fsp3) is 0.532. The number of benzene rings is 1. The van der Waals surface area contributed by atoms with Crippen LogP contribution in [0.25, 0.3) is 32.8 Å². The number of carbonyl (C=O) groups is 6. The first-order valence-electron chi connectivity index (χ1n) is 26.9. The lowest BCUT2D eigenvalue weighted by atomic mass is 10.0. The first-order chi connectivity index (χ1) is 41.5. The van der Waals surface area contributed by atoms with Crippen LogP contribution >= 0.6 is 25.8 Å². The second-order valence-corrected chi connectivity index (χ2v) is 26.1. The molecule has 4 fully saturated rings. The number of hydrogen-bond acceptors (Lipinski definition) is 26. The van der Waals surface area contributed by atoms with Gasteiger partial charge in [0, 0.05) is 23.6 Å². The summed E-state index contributed by atoms with van der Waals surface area (Å²) in [6.45, 7) is -7.13. The molecule has 12 N–H and O–H groups in total. The van der Waals surface area contributed by atoms with Gasteiger partial charge in [-0.15, -0.1) is 0 Å². The fourth-order valence-corrected chi connectivity index (χ4v) is 12.9. The van der Waals surface area contributed by atoms with Crippen LogP contribution in [0.15, 0.2) is 54.7 Å². The number of nitrogens with one attached hydrogen (secondary N) is 5. The van der Waals surface area contributed by atoms with E-state index < -0.39 is 142 Å². The van der Waals surface area contributed by atoms with Gasteiger partial charge in [0.15, 0.2) is 35.3 Å². The summed E-state index contributed by atoms with van der Waals surface area (Å²) in [7, 11) is 0. The first-order valence-corrected chi connectivity index (χ1v) is 32.2. The van der Waals surface area contributed by atoms with Crippen LogP contribution in [0.5, 0.6) is 0 Å². The van der Waals surface area contributed by atoms with Gasteiger partial charge < -0.3 is 76.9 Å². The average molecular weight is 1290 g/mol. The van der Waals surface area contributed by atoms with E-state index in [4.69, 9.17) is 76.3 Å². The number of carbonyl (C=O) groups excluding carboxylic acids is 6. The molecule has 5 aromatic rings. The van der Waals surface area contributed by atoms with E-state index in [9.17, 15) is 38.2 Å². The average Bonchev–Trinajstić information content (AvgIpc) is 1.68. The Hall–Kier alpha value is -7.60. The highest BCUT2D eigenvalue weighted by molar-refractivity contribution is 8.44. The van der Waals surface area contributed by atoms with Crippen molar-refractivity contribution in [2.24, 2.45) is 16.8 Å². The van der Waals surface area contributed by atoms with Gasteiger partial charge in [0.1, 0.15) is 85.7 Å². The fourth-order valence-electron chi connectivity index (χ4n) is 9.96. The van der Waals surface area contributed by atoms with Crippen molar-refractivity contribution in [1.82, 2.24) is 60.3 Å². The number of thiol groups is 1. The number of primary amides is 1. The Bertz CT molecular complexity index is 3510. The van der Waals surface area contributed by atoms with Crippen molar-refractivity contribution in [1.29, 1.82) is 0 Å². The van der Waals surface area contributed by atoms with Crippen LogP contribution in [0.2, 0.25) is 0 Å². The highest BCUT2D eigenvalue weighted by Gasteiger charge is 2.54. The third-order valence-corrected chi connectivity index (χ3v) is 17.3. The van der Waals surface area contributed by atoms with E-state index in [1.54, 1.807) is 30.5 Å². The minimum absolute atomic E-state index is 0.00651. The largest absolute Gasteiger partial charge is 0.509 e. The maximum atomic E-state index is 14.1. The normalized spacial score (nSPS) is 27.0. The lowest BCUT2D eigenvalue weighted by molar-refractivity contribution is -0.131. The van der Waals surface area contributed by atoms with Gasteiger partial charge in [0.05, 0.1) is 31.9 Å². The Labute approximate surface area is 503 Å². The van der Waals surface area contributed by atoms with E-state index >= 15 is 0 Å². The molecule has 36 nitrogen and oxygen atoms in total. The number of hydrogen-bond donors (Lipinski definition) is 10. The van der Waals surface area contributed by atoms with Crippen LogP contribution in [0.1, 0.15) is 70.4 Å². The van der Waals surface area contributed by atoms with Gasteiger partial charge in [-0.2, -0.15) is 0 Å². The molecule has 13 atom stereocenters. The van der Waals surface area contributed by atoms with Gasteiger partial charge in [0.2, 0.25) is 17.7 Å². The van der Waals surface area contributed by atoms with Crippen molar-refractivity contribution in [3.8, 4) is 0 Å². The smallest absolute Gasteiger partial charge is 0.445 e.